The Balaban J connectivity index is 2.54. The molecule has 0 spiro atoms. The number of methoxy groups -OCH3 is 3. The molecular weight excluding hydrogens is 236 g/mol. The van der Waals surface area contributed by atoms with Crippen molar-refractivity contribution in [3.63, 3.8) is 0 Å². The topological polar surface area (TPSA) is 69.7 Å². The first-order valence-electron chi connectivity index (χ1n) is 5.56. The molecule has 1 rings (SSSR count). The van der Waals surface area contributed by atoms with Crippen molar-refractivity contribution in [3.05, 3.63) is 18.0 Å². The van der Waals surface area contributed by atoms with Gasteiger partial charge in [-0.15, -0.1) is 0 Å². The van der Waals surface area contributed by atoms with Gasteiger partial charge >= 0.3 is 5.97 Å². The largest absolute Gasteiger partial charge is 0.493 e. The van der Waals surface area contributed by atoms with Crippen LogP contribution >= 0.6 is 0 Å². The number of hydrogen-bond acceptors (Lipinski definition) is 6. The van der Waals surface area contributed by atoms with E-state index in [0.29, 0.717) is 31.0 Å². The predicted octanol–water partition coefficient (Wildman–Crippen LogP) is 0.751. The Morgan fingerprint density at radius 3 is 2.72 bits per heavy atom. The monoisotopic (exact) mass is 254 g/mol. The first-order chi connectivity index (χ1) is 8.72. The Hall–Kier alpha value is -1.82. The van der Waals surface area contributed by atoms with Crippen LogP contribution in [0.2, 0.25) is 0 Å². The number of ether oxygens (including phenoxy) is 3. The van der Waals surface area contributed by atoms with Crippen LogP contribution in [0.4, 0.5) is 0 Å². The minimum Gasteiger partial charge on any atom is -0.493 e. The third-order valence-corrected chi connectivity index (χ3v) is 2.39. The quantitative estimate of drug-likeness (QED) is 0.572. The lowest BCUT2D eigenvalue weighted by Gasteiger charge is -2.11. The van der Waals surface area contributed by atoms with Crippen molar-refractivity contribution >= 4 is 5.97 Å². The maximum Gasteiger partial charge on any atom is 0.306 e. The summed E-state index contributed by atoms with van der Waals surface area (Å²) in [6.45, 7) is 1.02. The number of nitrogens with zero attached hydrogens (tertiary/aromatic N) is 1. The van der Waals surface area contributed by atoms with Crippen LogP contribution in [0, 0.1) is 0 Å². The van der Waals surface area contributed by atoms with Gasteiger partial charge in [-0.2, -0.15) is 0 Å². The average molecular weight is 254 g/mol. The second-order valence-electron chi connectivity index (χ2n) is 3.50. The van der Waals surface area contributed by atoms with Gasteiger partial charge < -0.3 is 19.5 Å². The van der Waals surface area contributed by atoms with E-state index in [1.54, 1.807) is 26.5 Å². The molecule has 1 aromatic heterocycles. The molecule has 1 aromatic rings. The fraction of sp³-hybridized carbons (Fsp3) is 0.500. The highest BCUT2D eigenvalue weighted by Crippen LogP contribution is 2.28. The highest BCUT2D eigenvalue weighted by molar-refractivity contribution is 5.69. The Kier molecular flexibility index (Phi) is 5.93. The van der Waals surface area contributed by atoms with Crippen molar-refractivity contribution in [2.45, 2.75) is 13.0 Å². The normalized spacial score (nSPS) is 9.94. The van der Waals surface area contributed by atoms with Crippen LogP contribution in [0.15, 0.2) is 12.3 Å². The molecule has 0 aromatic carbocycles. The molecule has 1 N–H and O–H groups in total. The van der Waals surface area contributed by atoms with E-state index in [1.807, 2.05) is 0 Å². The standard InChI is InChI=1S/C12H18N2O4/c1-16-10-4-7-14-9(12(10)18-3)8-13-6-5-11(15)17-2/h4,7,13H,5-6,8H2,1-3H3. The van der Waals surface area contributed by atoms with Gasteiger partial charge in [-0.05, 0) is 0 Å². The van der Waals surface area contributed by atoms with Crippen LogP contribution in [0.3, 0.4) is 0 Å². The van der Waals surface area contributed by atoms with Crippen molar-refractivity contribution in [2.75, 3.05) is 27.9 Å². The summed E-state index contributed by atoms with van der Waals surface area (Å²) in [4.78, 5) is 15.1. The molecule has 0 fully saturated rings. The molecule has 0 aliphatic heterocycles. The third-order valence-electron chi connectivity index (χ3n) is 2.39. The van der Waals surface area contributed by atoms with Crippen LogP contribution in [0.25, 0.3) is 0 Å². The number of nitrogens with one attached hydrogen (secondary N) is 1. The van der Waals surface area contributed by atoms with Gasteiger partial charge in [0.15, 0.2) is 11.5 Å². The van der Waals surface area contributed by atoms with Gasteiger partial charge in [-0.1, -0.05) is 0 Å². The van der Waals surface area contributed by atoms with E-state index in [9.17, 15) is 4.79 Å². The molecule has 1 heterocycles. The summed E-state index contributed by atoms with van der Waals surface area (Å²) >= 11 is 0. The first kappa shape index (κ1) is 14.2. The molecule has 0 unspecified atom stereocenters. The first-order valence-corrected chi connectivity index (χ1v) is 5.56. The number of carbonyl (C=O) groups excluding carboxylic acids is 1. The molecule has 6 nitrogen and oxygen atoms in total. The van der Waals surface area contributed by atoms with Crippen LogP contribution in [-0.4, -0.2) is 38.8 Å². The predicted molar refractivity (Wildman–Crippen MR) is 65.7 cm³/mol. The van der Waals surface area contributed by atoms with E-state index in [1.165, 1.54) is 7.11 Å². The molecule has 100 valence electrons. The number of carbonyl (C=O) groups is 1. The van der Waals surface area contributed by atoms with Gasteiger partial charge in [0.1, 0.15) is 0 Å². The zero-order valence-corrected chi connectivity index (χ0v) is 10.9. The van der Waals surface area contributed by atoms with E-state index in [-0.39, 0.29) is 5.97 Å². The van der Waals surface area contributed by atoms with Crippen molar-refractivity contribution in [1.29, 1.82) is 0 Å². The molecular formula is C12H18N2O4. The van der Waals surface area contributed by atoms with Crippen molar-refractivity contribution < 1.29 is 19.0 Å². The molecule has 0 radical (unpaired) electrons. The van der Waals surface area contributed by atoms with Crippen LogP contribution < -0.4 is 14.8 Å². The molecule has 0 amide bonds. The summed E-state index contributed by atoms with van der Waals surface area (Å²) in [6, 6.07) is 1.73. The van der Waals surface area contributed by atoms with E-state index in [0.717, 1.165) is 5.69 Å². The van der Waals surface area contributed by atoms with E-state index >= 15 is 0 Å². The number of pyridine rings is 1. The maximum atomic E-state index is 10.9. The lowest BCUT2D eigenvalue weighted by molar-refractivity contribution is -0.140. The highest BCUT2D eigenvalue weighted by Gasteiger charge is 2.10. The Bertz CT molecular complexity index is 396. The van der Waals surface area contributed by atoms with Crippen LogP contribution in [0.1, 0.15) is 12.1 Å². The molecule has 0 aliphatic rings. The van der Waals surface area contributed by atoms with Crippen molar-refractivity contribution in [1.82, 2.24) is 10.3 Å². The fourth-order valence-electron chi connectivity index (χ4n) is 1.48. The van der Waals surface area contributed by atoms with Crippen molar-refractivity contribution in [3.8, 4) is 11.5 Å². The number of rotatable bonds is 7. The highest BCUT2D eigenvalue weighted by atomic mass is 16.5. The molecule has 0 saturated heterocycles. The molecule has 0 aliphatic carbocycles. The van der Waals surface area contributed by atoms with E-state index in [4.69, 9.17) is 9.47 Å². The lowest BCUT2D eigenvalue weighted by atomic mass is 10.3. The Morgan fingerprint density at radius 1 is 1.33 bits per heavy atom. The zero-order valence-electron chi connectivity index (χ0n) is 10.9. The molecule has 0 bridgehead atoms. The molecule has 18 heavy (non-hydrogen) atoms. The zero-order chi connectivity index (χ0) is 13.4. The summed E-state index contributed by atoms with van der Waals surface area (Å²) in [6.07, 6.45) is 1.97. The van der Waals surface area contributed by atoms with Gasteiger partial charge in [0.05, 0.1) is 33.4 Å². The summed E-state index contributed by atoms with van der Waals surface area (Å²) in [5.41, 5.74) is 0.738. The van der Waals surface area contributed by atoms with Gasteiger partial charge in [0.2, 0.25) is 0 Å². The lowest BCUT2D eigenvalue weighted by Crippen LogP contribution is -2.19. The average Bonchev–Trinajstić information content (AvgIpc) is 2.42. The minimum atomic E-state index is -0.243. The Labute approximate surface area is 106 Å². The third kappa shape index (κ3) is 3.89. The van der Waals surface area contributed by atoms with Gasteiger partial charge in [-0.25, -0.2) is 0 Å². The van der Waals surface area contributed by atoms with E-state index in [2.05, 4.69) is 15.0 Å². The van der Waals surface area contributed by atoms with Gasteiger partial charge in [0, 0.05) is 25.4 Å². The summed E-state index contributed by atoms with van der Waals surface area (Å²) in [5.74, 6) is 0.996. The number of hydrogen-bond donors (Lipinski definition) is 1. The van der Waals surface area contributed by atoms with Crippen LogP contribution in [-0.2, 0) is 16.1 Å². The van der Waals surface area contributed by atoms with E-state index < -0.39 is 0 Å². The fourth-order valence-corrected chi connectivity index (χ4v) is 1.48. The number of esters is 1. The summed E-state index contributed by atoms with van der Waals surface area (Å²) in [5, 5.41) is 3.09. The number of aromatic nitrogens is 1. The van der Waals surface area contributed by atoms with Crippen molar-refractivity contribution in [2.24, 2.45) is 0 Å². The van der Waals surface area contributed by atoms with Gasteiger partial charge in [0.25, 0.3) is 0 Å². The maximum absolute atomic E-state index is 10.9. The second kappa shape index (κ2) is 7.50. The minimum absolute atomic E-state index is 0.243. The summed E-state index contributed by atoms with van der Waals surface area (Å²) in [7, 11) is 4.51. The van der Waals surface area contributed by atoms with Gasteiger partial charge in [-0.3, -0.25) is 9.78 Å². The molecule has 6 heteroatoms. The Morgan fingerprint density at radius 2 is 2.11 bits per heavy atom. The SMILES string of the molecule is COC(=O)CCNCc1nccc(OC)c1OC. The second-order valence-corrected chi connectivity index (χ2v) is 3.50. The summed E-state index contributed by atoms with van der Waals surface area (Å²) < 4.78 is 15.0. The molecule has 0 saturated carbocycles. The molecule has 0 atom stereocenters. The smallest absolute Gasteiger partial charge is 0.306 e. The van der Waals surface area contributed by atoms with Crippen LogP contribution in [0.5, 0.6) is 11.5 Å².